The van der Waals surface area contributed by atoms with E-state index in [2.05, 4.69) is 12.6 Å². The molecule has 1 N–H and O–H groups in total. The van der Waals surface area contributed by atoms with Crippen LogP contribution in [0.3, 0.4) is 0 Å². The van der Waals surface area contributed by atoms with Gasteiger partial charge in [-0.25, -0.2) is 0 Å². The van der Waals surface area contributed by atoms with E-state index >= 15 is 0 Å². The standard InChI is InChI=1S/C12H15NO5S2/c1-5(14)7-10(15)13-8(12(16)19)9(20-11(7)13)6-2-17-4-18-3-6/h5-7,11,14H,2-4H2,1H3,(H,16,19)/t5-,7+,11?/m1/s1. The summed E-state index contributed by atoms with van der Waals surface area (Å²) in [7, 11) is 0. The SMILES string of the molecule is C[C@@H](O)[C@H]1C(=O)N2C(C(=O)S)=C(C3COCOC3)SC12. The quantitative estimate of drug-likeness (QED) is 0.571. The molecule has 3 heterocycles. The molecule has 0 saturated carbocycles. The fraction of sp³-hybridized carbons (Fsp3) is 0.667. The van der Waals surface area contributed by atoms with Gasteiger partial charge in [-0.3, -0.25) is 14.5 Å². The molecular weight excluding hydrogens is 302 g/mol. The van der Waals surface area contributed by atoms with Gasteiger partial charge in [0.15, 0.2) is 0 Å². The third kappa shape index (κ3) is 2.10. The van der Waals surface area contributed by atoms with Crippen LogP contribution in [0.2, 0.25) is 0 Å². The molecule has 0 aromatic rings. The van der Waals surface area contributed by atoms with E-state index < -0.39 is 17.1 Å². The van der Waals surface area contributed by atoms with Gasteiger partial charge >= 0.3 is 0 Å². The summed E-state index contributed by atoms with van der Waals surface area (Å²) in [6.07, 6.45) is -0.731. The molecule has 3 aliphatic rings. The topological polar surface area (TPSA) is 76.1 Å². The molecule has 0 aliphatic carbocycles. The van der Waals surface area contributed by atoms with Crippen LogP contribution in [0, 0.1) is 11.8 Å². The lowest BCUT2D eigenvalue weighted by atomic mass is 9.92. The Bertz CT molecular complexity index is 486. The van der Waals surface area contributed by atoms with Crippen LogP contribution < -0.4 is 0 Å². The molecule has 0 aromatic carbocycles. The number of carbonyl (C=O) groups is 2. The Balaban J connectivity index is 1.89. The number of hydrogen-bond donors (Lipinski definition) is 2. The van der Waals surface area contributed by atoms with Crippen molar-refractivity contribution in [3.8, 4) is 0 Å². The van der Waals surface area contributed by atoms with Gasteiger partial charge in [0, 0.05) is 10.8 Å². The third-order valence-electron chi connectivity index (χ3n) is 3.70. The first-order chi connectivity index (χ1) is 9.52. The van der Waals surface area contributed by atoms with Gasteiger partial charge in [0.2, 0.25) is 11.0 Å². The molecule has 1 amide bonds. The summed E-state index contributed by atoms with van der Waals surface area (Å²) < 4.78 is 10.5. The number of nitrogens with zero attached hydrogens (tertiary/aromatic N) is 1. The molecule has 0 spiro atoms. The summed E-state index contributed by atoms with van der Waals surface area (Å²) in [6.45, 7) is 2.76. The molecule has 2 fully saturated rings. The van der Waals surface area contributed by atoms with Crippen LogP contribution in [-0.4, -0.2) is 52.5 Å². The molecule has 3 rings (SSSR count). The van der Waals surface area contributed by atoms with E-state index in [1.807, 2.05) is 0 Å². The number of amides is 1. The van der Waals surface area contributed by atoms with Gasteiger partial charge in [-0.2, -0.15) is 0 Å². The first-order valence-electron chi connectivity index (χ1n) is 6.33. The molecule has 20 heavy (non-hydrogen) atoms. The minimum Gasteiger partial charge on any atom is -0.392 e. The molecule has 110 valence electrons. The van der Waals surface area contributed by atoms with Gasteiger partial charge in [-0.1, -0.05) is 12.6 Å². The molecule has 6 nitrogen and oxygen atoms in total. The molecule has 0 aromatic heterocycles. The van der Waals surface area contributed by atoms with Crippen LogP contribution in [-0.2, 0) is 19.1 Å². The Labute approximate surface area is 125 Å². The lowest BCUT2D eigenvalue weighted by molar-refractivity contribution is -0.153. The molecule has 3 aliphatic heterocycles. The van der Waals surface area contributed by atoms with E-state index in [0.717, 1.165) is 4.91 Å². The number of aliphatic hydroxyl groups excluding tert-OH is 1. The smallest absolute Gasteiger partial charge is 0.236 e. The van der Waals surface area contributed by atoms with Crippen molar-refractivity contribution < 1.29 is 24.2 Å². The number of hydrogen-bond acceptors (Lipinski definition) is 6. The van der Waals surface area contributed by atoms with E-state index in [-0.39, 0.29) is 24.0 Å². The number of fused-ring (bicyclic) bond motifs is 1. The fourth-order valence-corrected chi connectivity index (χ4v) is 4.74. The maximum Gasteiger partial charge on any atom is 0.236 e. The summed E-state index contributed by atoms with van der Waals surface area (Å²) >= 11 is 5.32. The fourth-order valence-electron chi connectivity index (χ4n) is 2.74. The van der Waals surface area contributed by atoms with Crippen molar-refractivity contribution in [2.75, 3.05) is 20.0 Å². The normalized spacial score (nSPS) is 32.1. The van der Waals surface area contributed by atoms with E-state index in [1.54, 1.807) is 6.92 Å². The number of rotatable bonds is 3. The number of carbonyl (C=O) groups excluding carboxylic acids is 2. The lowest BCUT2D eigenvalue weighted by Crippen LogP contribution is -2.60. The molecule has 1 unspecified atom stereocenters. The predicted molar refractivity (Wildman–Crippen MR) is 74.7 cm³/mol. The van der Waals surface area contributed by atoms with Crippen LogP contribution in [0.1, 0.15) is 6.92 Å². The Kier molecular flexibility index (Phi) is 3.85. The van der Waals surface area contributed by atoms with Crippen LogP contribution in [0.4, 0.5) is 0 Å². The van der Waals surface area contributed by atoms with Crippen LogP contribution in [0.15, 0.2) is 10.6 Å². The summed E-state index contributed by atoms with van der Waals surface area (Å²) in [5.41, 5.74) is 0.323. The first-order valence-corrected chi connectivity index (χ1v) is 7.65. The largest absolute Gasteiger partial charge is 0.392 e. The van der Waals surface area contributed by atoms with E-state index in [1.165, 1.54) is 16.7 Å². The van der Waals surface area contributed by atoms with Gasteiger partial charge in [0.25, 0.3) is 0 Å². The van der Waals surface area contributed by atoms with E-state index in [9.17, 15) is 14.7 Å². The zero-order chi connectivity index (χ0) is 14.4. The number of aliphatic hydroxyl groups is 1. The maximum atomic E-state index is 12.1. The van der Waals surface area contributed by atoms with Gasteiger partial charge in [-0.15, -0.1) is 11.8 Å². The highest BCUT2D eigenvalue weighted by atomic mass is 32.2. The summed E-state index contributed by atoms with van der Waals surface area (Å²) in [5, 5.41) is 9.03. The van der Waals surface area contributed by atoms with Crippen molar-refractivity contribution in [1.82, 2.24) is 4.90 Å². The number of thioether (sulfide) groups is 1. The minimum absolute atomic E-state index is 0.0621. The van der Waals surface area contributed by atoms with Crippen molar-refractivity contribution in [1.29, 1.82) is 0 Å². The van der Waals surface area contributed by atoms with Gasteiger partial charge in [-0.05, 0) is 6.92 Å². The molecular formula is C12H15NO5S2. The number of ether oxygens (including phenoxy) is 2. The van der Waals surface area contributed by atoms with Gasteiger partial charge in [0.1, 0.15) is 17.9 Å². The number of thiol groups is 1. The highest BCUT2D eigenvalue weighted by Gasteiger charge is 2.57. The molecule has 3 atom stereocenters. The summed E-state index contributed by atoms with van der Waals surface area (Å²) in [6, 6.07) is 0. The Morgan fingerprint density at radius 1 is 1.50 bits per heavy atom. The molecule has 8 heteroatoms. The van der Waals surface area contributed by atoms with Crippen LogP contribution in [0.5, 0.6) is 0 Å². The van der Waals surface area contributed by atoms with Crippen LogP contribution >= 0.6 is 24.4 Å². The van der Waals surface area contributed by atoms with Crippen molar-refractivity contribution in [3.05, 3.63) is 10.6 Å². The Hall–Kier alpha value is -0.540. The van der Waals surface area contributed by atoms with Crippen molar-refractivity contribution in [3.63, 3.8) is 0 Å². The zero-order valence-corrected chi connectivity index (χ0v) is 12.5. The lowest BCUT2D eigenvalue weighted by Gasteiger charge is -2.43. The maximum absolute atomic E-state index is 12.1. The zero-order valence-electron chi connectivity index (χ0n) is 10.8. The highest BCUT2D eigenvalue weighted by Crippen LogP contribution is 2.53. The van der Waals surface area contributed by atoms with Crippen molar-refractivity contribution in [2.45, 2.75) is 18.4 Å². The molecule has 2 saturated heterocycles. The Morgan fingerprint density at radius 3 is 2.70 bits per heavy atom. The molecule has 0 radical (unpaired) electrons. The average Bonchev–Trinajstić information content (AvgIpc) is 2.74. The van der Waals surface area contributed by atoms with Gasteiger partial charge < -0.3 is 14.6 Å². The monoisotopic (exact) mass is 317 g/mol. The van der Waals surface area contributed by atoms with E-state index in [4.69, 9.17) is 9.47 Å². The second-order valence-electron chi connectivity index (χ2n) is 5.06. The van der Waals surface area contributed by atoms with Crippen molar-refractivity contribution >= 4 is 35.4 Å². The summed E-state index contributed by atoms with van der Waals surface area (Å²) in [4.78, 5) is 26.1. The predicted octanol–water partition coefficient (Wildman–Crippen LogP) is 0.187. The average molecular weight is 317 g/mol. The second kappa shape index (κ2) is 5.34. The minimum atomic E-state index is -0.731. The number of β-lactam (4-membered cyclic amide) rings is 1. The van der Waals surface area contributed by atoms with Crippen molar-refractivity contribution in [2.24, 2.45) is 11.8 Å². The third-order valence-corrected chi connectivity index (χ3v) is 5.44. The van der Waals surface area contributed by atoms with E-state index in [0.29, 0.717) is 18.9 Å². The molecule has 0 bridgehead atoms. The highest BCUT2D eigenvalue weighted by molar-refractivity contribution is 8.04. The van der Waals surface area contributed by atoms with Crippen LogP contribution in [0.25, 0.3) is 0 Å². The Morgan fingerprint density at radius 2 is 2.15 bits per heavy atom. The van der Waals surface area contributed by atoms with Gasteiger partial charge in [0.05, 0.1) is 25.2 Å². The second-order valence-corrected chi connectivity index (χ2v) is 6.62. The first kappa shape index (κ1) is 14.4. The summed E-state index contributed by atoms with van der Waals surface area (Å²) in [5.74, 6) is -0.749.